The van der Waals surface area contributed by atoms with Crippen LogP contribution in [0.3, 0.4) is 0 Å². The highest BCUT2D eigenvalue weighted by molar-refractivity contribution is 5.89. The van der Waals surface area contributed by atoms with Gasteiger partial charge >= 0.3 is 11.8 Å². The first-order valence-electron chi connectivity index (χ1n) is 14.4. The number of hydrogen-bond acceptors (Lipinski definition) is 8. The summed E-state index contributed by atoms with van der Waals surface area (Å²) in [7, 11) is 1.19. The minimum absolute atomic E-state index is 0.00337. The van der Waals surface area contributed by atoms with Crippen molar-refractivity contribution in [2.24, 2.45) is 18.6 Å². The number of alkyl carbamates (subject to hydrolysis) is 1. The van der Waals surface area contributed by atoms with E-state index in [1.165, 1.54) is 19.4 Å². The van der Waals surface area contributed by atoms with Crippen molar-refractivity contribution in [3.63, 3.8) is 0 Å². The third-order valence-corrected chi connectivity index (χ3v) is 8.10. The molecule has 2 fully saturated rings. The second-order valence-electron chi connectivity index (χ2n) is 10.3. The SMILES string of the molecule is [2H]C([2H])([2H])n1c(=O)n(C2CC(NC(=O)OC)CC2F)c2cc(Nc3ccc4cnn(C5(C(N)=O)CC5CC)c4n3)ncc21. The fraction of sp³-hybridized carbons (Fsp3) is 0.462. The van der Waals surface area contributed by atoms with Crippen molar-refractivity contribution in [2.45, 2.75) is 56.4 Å². The Bertz CT molecular complexity index is 1820. The first kappa shape index (κ1) is 22.3. The molecule has 14 heteroatoms. The predicted molar refractivity (Wildman–Crippen MR) is 144 cm³/mol. The van der Waals surface area contributed by atoms with Gasteiger partial charge in [0.25, 0.3) is 0 Å². The van der Waals surface area contributed by atoms with Crippen molar-refractivity contribution in [3.05, 3.63) is 41.1 Å². The fourth-order valence-electron chi connectivity index (χ4n) is 5.94. The van der Waals surface area contributed by atoms with E-state index in [1.807, 2.05) is 6.92 Å². The van der Waals surface area contributed by atoms with Crippen LogP contribution in [0.25, 0.3) is 22.1 Å². The molecule has 4 aromatic heterocycles. The maximum absolute atomic E-state index is 15.3. The molecular formula is C26H30FN9O4. The number of ether oxygens (including phenoxy) is 1. The number of nitrogens with two attached hydrogens (primary N) is 1. The van der Waals surface area contributed by atoms with Crippen LogP contribution < -0.4 is 22.1 Å². The zero-order valence-electron chi connectivity index (χ0n) is 24.8. The van der Waals surface area contributed by atoms with Gasteiger partial charge in [0, 0.05) is 35.0 Å². The molecule has 0 saturated heterocycles. The van der Waals surface area contributed by atoms with Crippen LogP contribution in [0.5, 0.6) is 0 Å². The van der Waals surface area contributed by atoms with Crippen LogP contribution >= 0.6 is 0 Å². The number of pyridine rings is 2. The molecule has 40 heavy (non-hydrogen) atoms. The Hall–Kier alpha value is -4.49. The van der Waals surface area contributed by atoms with E-state index in [2.05, 4.69) is 30.4 Å². The number of alkyl halides is 1. The van der Waals surface area contributed by atoms with Gasteiger partial charge in [-0.25, -0.2) is 28.6 Å². The van der Waals surface area contributed by atoms with E-state index in [0.29, 0.717) is 27.8 Å². The van der Waals surface area contributed by atoms with Gasteiger partial charge in [-0.15, -0.1) is 0 Å². The van der Waals surface area contributed by atoms with Crippen LogP contribution in [0.2, 0.25) is 0 Å². The Morgan fingerprint density at radius 3 is 2.80 bits per heavy atom. The van der Waals surface area contributed by atoms with Gasteiger partial charge in [0.05, 0.1) is 36.6 Å². The quantitative estimate of drug-likeness (QED) is 0.313. The molecule has 6 rings (SSSR count). The molecule has 0 bridgehead atoms. The van der Waals surface area contributed by atoms with Crippen molar-refractivity contribution in [3.8, 4) is 0 Å². The fourth-order valence-corrected chi connectivity index (χ4v) is 5.94. The summed E-state index contributed by atoms with van der Waals surface area (Å²) in [5.74, 6) is 0.120. The Balaban J connectivity index is 1.39. The largest absolute Gasteiger partial charge is 0.453 e. The number of rotatable bonds is 7. The summed E-state index contributed by atoms with van der Waals surface area (Å²) in [5.41, 5.74) is 4.50. The van der Waals surface area contributed by atoms with E-state index in [4.69, 9.17) is 9.85 Å². The molecule has 2 aliphatic rings. The molecule has 4 heterocycles. The highest BCUT2D eigenvalue weighted by Crippen LogP contribution is 2.52. The van der Waals surface area contributed by atoms with Crippen LogP contribution in [0.1, 0.15) is 42.8 Å². The lowest BCUT2D eigenvalue weighted by atomic mass is 10.1. The summed E-state index contributed by atoms with van der Waals surface area (Å²) in [4.78, 5) is 46.6. The number of methoxy groups -OCH3 is 1. The standard InChI is InChI=1S/C26H30FN9O4/c1-4-14-10-26(14,23(28)37)36-22-13(11-30-36)5-6-20(33-22)32-21-9-18-19(12-29-21)34(2)25(39)35(18)17-8-15(7-16(17)27)31-24(38)40-3/h5-6,9,11-12,14-17H,4,7-8,10H2,1-3H3,(H2,28,37)(H,31,38)(H,29,32,33)/i2D3. The van der Waals surface area contributed by atoms with Crippen molar-refractivity contribution in [1.82, 2.24) is 34.2 Å². The molecule has 0 radical (unpaired) electrons. The molecule has 2 aliphatic carbocycles. The Kier molecular flexibility index (Phi) is 5.20. The summed E-state index contributed by atoms with van der Waals surface area (Å²) < 4.78 is 47.0. The lowest BCUT2D eigenvalue weighted by Gasteiger charge is -2.16. The molecule has 2 amide bonds. The van der Waals surface area contributed by atoms with Gasteiger partial charge < -0.3 is 21.1 Å². The Morgan fingerprint density at radius 2 is 2.10 bits per heavy atom. The first-order chi connectivity index (χ1) is 20.4. The summed E-state index contributed by atoms with van der Waals surface area (Å²) in [6.45, 7) is -0.874. The van der Waals surface area contributed by atoms with E-state index in [9.17, 15) is 14.4 Å². The summed E-state index contributed by atoms with van der Waals surface area (Å²) in [6, 6.07) is 3.24. The molecular weight excluding hydrogens is 521 g/mol. The van der Waals surface area contributed by atoms with Gasteiger partial charge in [-0.05, 0) is 30.9 Å². The summed E-state index contributed by atoms with van der Waals surface area (Å²) in [6.07, 6.45) is 1.86. The summed E-state index contributed by atoms with van der Waals surface area (Å²) >= 11 is 0. The van der Waals surface area contributed by atoms with Crippen molar-refractivity contribution in [1.29, 1.82) is 0 Å². The second-order valence-corrected chi connectivity index (χ2v) is 10.3. The molecule has 0 aliphatic heterocycles. The third-order valence-electron chi connectivity index (χ3n) is 8.10. The lowest BCUT2D eigenvalue weighted by molar-refractivity contribution is -0.123. The van der Waals surface area contributed by atoms with Gasteiger partial charge in [0.1, 0.15) is 23.3 Å². The number of hydrogen-bond donors (Lipinski definition) is 3. The maximum atomic E-state index is 15.3. The highest BCUT2D eigenvalue weighted by atomic mass is 19.1. The number of primary amides is 1. The highest BCUT2D eigenvalue weighted by Gasteiger charge is 2.61. The van der Waals surface area contributed by atoms with Crippen LogP contribution in [0.15, 0.2) is 35.4 Å². The molecule has 5 unspecified atom stereocenters. The molecule has 13 nitrogen and oxygen atoms in total. The van der Waals surface area contributed by atoms with Crippen LogP contribution in [-0.2, 0) is 22.0 Å². The van der Waals surface area contributed by atoms with E-state index in [0.717, 1.165) is 11.0 Å². The zero-order valence-corrected chi connectivity index (χ0v) is 21.8. The van der Waals surface area contributed by atoms with Gasteiger partial charge in [-0.1, -0.05) is 13.3 Å². The first-order valence-corrected chi connectivity index (χ1v) is 12.9. The average molecular weight is 555 g/mol. The molecule has 0 aromatic carbocycles. The van der Waals surface area contributed by atoms with Crippen LogP contribution in [0.4, 0.5) is 20.8 Å². The van der Waals surface area contributed by atoms with Gasteiger partial charge in [-0.3, -0.25) is 13.9 Å². The van der Waals surface area contributed by atoms with E-state index in [-0.39, 0.29) is 35.6 Å². The number of nitrogens with one attached hydrogen (secondary N) is 2. The smallest absolute Gasteiger partial charge is 0.407 e. The number of carbonyl (C=O) groups excluding carboxylic acids is 2. The second kappa shape index (κ2) is 9.31. The van der Waals surface area contributed by atoms with Gasteiger partial charge in [-0.2, -0.15) is 5.10 Å². The maximum Gasteiger partial charge on any atom is 0.407 e. The molecule has 0 spiro atoms. The molecule has 210 valence electrons. The number of fused-ring (bicyclic) bond motifs is 2. The third kappa shape index (κ3) is 3.88. The number of carbonyl (C=O) groups is 2. The minimum Gasteiger partial charge on any atom is -0.453 e. The molecule has 2 saturated carbocycles. The summed E-state index contributed by atoms with van der Waals surface area (Å²) in [5, 5.41) is 10.7. The van der Waals surface area contributed by atoms with Crippen molar-refractivity contribution < 1.29 is 22.8 Å². The lowest BCUT2D eigenvalue weighted by Crippen LogP contribution is -2.37. The number of aryl methyl sites for hydroxylation is 1. The Morgan fingerprint density at radius 1 is 1.27 bits per heavy atom. The minimum atomic E-state index is -2.86. The van der Waals surface area contributed by atoms with Crippen LogP contribution in [0, 0.1) is 5.92 Å². The molecule has 4 N–H and O–H groups in total. The van der Waals surface area contributed by atoms with Crippen molar-refractivity contribution >= 4 is 45.7 Å². The Labute approximate surface area is 231 Å². The number of imidazole rings is 1. The van der Waals surface area contributed by atoms with Crippen LogP contribution in [-0.4, -0.2) is 60.2 Å². The van der Waals surface area contributed by atoms with Gasteiger partial charge in [0.2, 0.25) is 5.91 Å². The zero-order chi connectivity index (χ0) is 30.8. The predicted octanol–water partition coefficient (Wildman–Crippen LogP) is 2.23. The number of nitrogens with zero attached hydrogens (tertiary/aromatic N) is 6. The molecule has 5 atom stereocenters. The average Bonchev–Trinajstić information content (AvgIpc) is 3.19. The monoisotopic (exact) mass is 554 g/mol. The topological polar surface area (TPSA) is 164 Å². The number of anilines is 2. The number of amides is 2. The van der Waals surface area contributed by atoms with E-state index in [1.54, 1.807) is 23.0 Å². The van der Waals surface area contributed by atoms with E-state index >= 15 is 4.39 Å². The normalized spacial score (nSPS) is 27.2. The van der Waals surface area contributed by atoms with Gasteiger partial charge in [0.15, 0.2) is 5.65 Å². The van der Waals surface area contributed by atoms with E-state index < -0.39 is 48.5 Å². The van der Waals surface area contributed by atoms with Crippen molar-refractivity contribution in [2.75, 3.05) is 12.4 Å². The number of aromatic nitrogens is 6. The molecule has 4 aromatic rings. The number of halogens is 1.